The number of hydrogen-bond acceptors (Lipinski definition) is 3. The van der Waals surface area contributed by atoms with Crippen molar-refractivity contribution in [1.29, 1.82) is 0 Å². The first-order valence-electron chi connectivity index (χ1n) is 10.8. The van der Waals surface area contributed by atoms with Crippen LogP contribution in [0.2, 0.25) is 0 Å². The molecule has 0 saturated carbocycles. The zero-order valence-corrected chi connectivity index (χ0v) is 18.2. The third-order valence-corrected chi connectivity index (χ3v) is 5.72. The summed E-state index contributed by atoms with van der Waals surface area (Å²) in [5, 5.41) is 2.91. The Morgan fingerprint density at radius 2 is 1.55 bits per heavy atom. The van der Waals surface area contributed by atoms with Crippen molar-refractivity contribution in [3.05, 3.63) is 54.1 Å². The maximum atomic E-state index is 12.1. The van der Waals surface area contributed by atoms with Crippen molar-refractivity contribution in [2.24, 2.45) is 0 Å². The number of hydrogen-bond donors (Lipinski definition) is 1. The average Bonchev–Trinajstić information content (AvgIpc) is 3.03. The second-order valence-electron chi connectivity index (χ2n) is 8.45. The number of likely N-dealkylation sites (tertiary alicyclic amines) is 1. The highest BCUT2D eigenvalue weighted by Crippen LogP contribution is 2.24. The second kappa shape index (κ2) is 9.93. The van der Waals surface area contributed by atoms with Crippen LogP contribution in [0, 0.1) is 0 Å². The molecule has 1 amide bonds. The SMILES string of the molecule is CC(C)NC(=O)c1ccc(-c2ccc(OCCCN3[C@H](C)CC[C@H]3C)cc2)cc1. The fourth-order valence-corrected chi connectivity index (χ4v) is 4.03. The van der Waals surface area contributed by atoms with E-state index in [4.69, 9.17) is 4.74 Å². The van der Waals surface area contributed by atoms with Crippen LogP contribution in [0.3, 0.4) is 0 Å². The number of amides is 1. The van der Waals surface area contributed by atoms with Crippen molar-refractivity contribution >= 4 is 5.91 Å². The van der Waals surface area contributed by atoms with Crippen LogP contribution < -0.4 is 10.1 Å². The predicted molar refractivity (Wildman–Crippen MR) is 119 cm³/mol. The topological polar surface area (TPSA) is 41.6 Å². The van der Waals surface area contributed by atoms with Crippen molar-refractivity contribution in [3.63, 3.8) is 0 Å². The van der Waals surface area contributed by atoms with Gasteiger partial charge in [-0.05, 0) is 82.3 Å². The van der Waals surface area contributed by atoms with Gasteiger partial charge in [0.15, 0.2) is 0 Å². The number of rotatable bonds is 8. The van der Waals surface area contributed by atoms with Crippen LogP contribution in [0.5, 0.6) is 5.75 Å². The van der Waals surface area contributed by atoms with Crippen molar-refractivity contribution in [2.75, 3.05) is 13.2 Å². The lowest BCUT2D eigenvalue weighted by molar-refractivity contribution is 0.0943. The van der Waals surface area contributed by atoms with Crippen LogP contribution in [0.4, 0.5) is 0 Å². The Balaban J connectivity index is 1.49. The molecule has 1 heterocycles. The van der Waals surface area contributed by atoms with Crippen molar-refractivity contribution in [2.45, 2.75) is 65.1 Å². The van der Waals surface area contributed by atoms with Gasteiger partial charge in [0.2, 0.25) is 0 Å². The highest BCUT2D eigenvalue weighted by Gasteiger charge is 2.26. The van der Waals surface area contributed by atoms with Gasteiger partial charge in [0, 0.05) is 30.2 Å². The molecular weight excluding hydrogens is 360 g/mol. The van der Waals surface area contributed by atoms with E-state index in [2.05, 4.69) is 36.2 Å². The average molecular weight is 395 g/mol. The zero-order chi connectivity index (χ0) is 20.8. The molecule has 4 heteroatoms. The molecule has 0 bridgehead atoms. The Labute approximate surface area is 175 Å². The first-order valence-corrected chi connectivity index (χ1v) is 10.8. The van der Waals surface area contributed by atoms with E-state index in [1.165, 1.54) is 12.8 Å². The molecule has 1 aliphatic heterocycles. The van der Waals surface area contributed by atoms with Crippen LogP contribution in [-0.2, 0) is 0 Å². The quantitative estimate of drug-likeness (QED) is 0.631. The van der Waals surface area contributed by atoms with Crippen LogP contribution in [0.1, 0.15) is 57.3 Å². The lowest BCUT2D eigenvalue weighted by Crippen LogP contribution is -2.34. The molecule has 0 unspecified atom stereocenters. The molecule has 0 aromatic heterocycles. The maximum Gasteiger partial charge on any atom is 0.251 e. The van der Waals surface area contributed by atoms with Crippen LogP contribution >= 0.6 is 0 Å². The first-order chi connectivity index (χ1) is 13.9. The molecule has 29 heavy (non-hydrogen) atoms. The number of ether oxygens (including phenoxy) is 1. The molecule has 4 nitrogen and oxygen atoms in total. The predicted octanol–water partition coefficient (Wildman–Crippen LogP) is 5.13. The lowest BCUT2D eigenvalue weighted by Gasteiger charge is -2.25. The third-order valence-electron chi connectivity index (χ3n) is 5.72. The lowest BCUT2D eigenvalue weighted by atomic mass is 10.0. The van der Waals surface area contributed by atoms with E-state index < -0.39 is 0 Å². The van der Waals surface area contributed by atoms with Gasteiger partial charge in [0.05, 0.1) is 6.61 Å². The van der Waals surface area contributed by atoms with E-state index in [0.717, 1.165) is 36.4 Å². The summed E-state index contributed by atoms with van der Waals surface area (Å²) in [6.45, 7) is 10.4. The van der Waals surface area contributed by atoms with E-state index >= 15 is 0 Å². The van der Waals surface area contributed by atoms with Gasteiger partial charge < -0.3 is 10.1 Å². The monoisotopic (exact) mass is 394 g/mol. The maximum absolute atomic E-state index is 12.1. The molecule has 2 atom stereocenters. The molecule has 1 fully saturated rings. The number of benzene rings is 2. The molecule has 1 N–H and O–H groups in total. The van der Waals surface area contributed by atoms with Gasteiger partial charge in [-0.25, -0.2) is 0 Å². The van der Waals surface area contributed by atoms with Crippen LogP contribution in [-0.4, -0.2) is 42.1 Å². The number of nitrogens with one attached hydrogen (secondary N) is 1. The summed E-state index contributed by atoms with van der Waals surface area (Å²) in [5.41, 5.74) is 2.89. The van der Waals surface area contributed by atoms with Gasteiger partial charge in [-0.2, -0.15) is 0 Å². The Kier molecular flexibility index (Phi) is 7.32. The molecule has 156 valence electrons. The smallest absolute Gasteiger partial charge is 0.251 e. The van der Waals surface area contributed by atoms with E-state index in [0.29, 0.717) is 17.6 Å². The summed E-state index contributed by atoms with van der Waals surface area (Å²) >= 11 is 0. The summed E-state index contributed by atoms with van der Waals surface area (Å²) < 4.78 is 5.94. The van der Waals surface area contributed by atoms with Crippen molar-refractivity contribution in [3.8, 4) is 16.9 Å². The van der Waals surface area contributed by atoms with Gasteiger partial charge in [-0.3, -0.25) is 9.69 Å². The van der Waals surface area contributed by atoms with Gasteiger partial charge >= 0.3 is 0 Å². The van der Waals surface area contributed by atoms with Gasteiger partial charge in [0.25, 0.3) is 5.91 Å². The molecule has 2 aromatic carbocycles. The molecule has 0 radical (unpaired) electrons. The fourth-order valence-electron chi connectivity index (χ4n) is 4.03. The van der Waals surface area contributed by atoms with Crippen molar-refractivity contribution < 1.29 is 9.53 Å². The van der Waals surface area contributed by atoms with Crippen LogP contribution in [0.25, 0.3) is 11.1 Å². The number of carbonyl (C=O) groups excluding carboxylic acids is 1. The summed E-state index contributed by atoms with van der Waals surface area (Å²) in [5.74, 6) is 0.872. The standard InChI is InChI=1S/C25H34N2O2/c1-18(2)26-25(28)23-10-8-21(9-11-23)22-12-14-24(15-13-22)29-17-5-16-27-19(3)6-7-20(27)4/h8-15,18-20H,5-7,16-17H2,1-4H3,(H,26,28)/t19-,20-/m1/s1. The summed E-state index contributed by atoms with van der Waals surface area (Å²) in [6.07, 6.45) is 3.68. The molecular formula is C25H34N2O2. The molecule has 1 aliphatic rings. The Hall–Kier alpha value is -2.33. The minimum atomic E-state index is -0.0342. The normalized spacial score (nSPS) is 19.5. The minimum Gasteiger partial charge on any atom is -0.494 e. The fraction of sp³-hybridized carbons (Fsp3) is 0.480. The highest BCUT2D eigenvalue weighted by atomic mass is 16.5. The second-order valence-corrected chi connectivity index (χ2v) is 8.45. The molecule has 2 aromatic rings. The Morgan fingerprint density at radius 1 is 1.00 bits per heavy atom. The van der Waals surface area contributed by atoms with E-state index in [1.807, 2.05) is 50.2 Å². The van der Waals surface area contributed by atoms with Gasteiger partial charge in [-0.1, -0.05) is 24.3 Å². The summed E-state index contributed by atoms with van der Waals surface area (Å²) in [7, 11) is 0. The minimum absolute atomic E-state index is 0.0342. The first kappa shape index (κ1) is 21.4. The summed E-state index contributed by atoms with van der Waals surface area (Å²) in [4.78, 5) is 14.7. The number of carbonyl (C=O) groups is 1. The Morgan fingerprint density at radius 3 is 2.10 bits per heavy atom. The highest BCUT2D eigenvalue weighted by molar-refractivity contribution is 5.94. The molecule has 3 rings (SSSR count). The van der Waals surface area contributed by atoms with E-state index in [1.54, 1.807) is 0 Å². The van der Waals surface area contributed by atoms with Gasteiger partial charge in [0.1, 0.15) is 5.75 Å². The van der Waals surface area contributed by atoms with Gasteiger partial charge in [-0.15, -0.1) is 0 Å². The molecule has 0 spiro atoms. The Bertz CT molecular complexity index is 773. The van der Waals surface area contributed by atoms with E-state index in [9.17, 15) is 4.79 Å². The van der Waals surface area contributed by atoms with E-state index in [-0.39, 0.29) is 11.9 Å². The van der Waals surface area contributed by atoms with Crippen molar-refractivity contribution in [1.82, 2.24) is 10.2 Å². The molecule has 0 aliphatic carbocycles. The summed E-state index contributed by atoms with van der Waals surface area (Å²) in [6, 6.07) is 17.5. The molecule has 1 saturated heterocycles. The number of nitrogens with zero attached hydrogens (tertiary/aromatic N) is 1. The largest absolute Gasteiger partial charge is 0.494 e. The zero-order valence-electron chi connectivity index (χ0n) is 18.2. The van der Waals surface area contributed by atoms with Crippen LogP contribution in [0.15, 0.2) is 48.5 Å². The third kappa shape index (κ3) is 5.83.